The predicted molar refractivity (Wildman–Crippen MR) is 80.0 cm³/mol. The number of hydrogen-bond donors (Lipinski definition) is 3. The van der Waals surface area contributed by atoms with E-state index in [0.29, 0.717) is 18.2 Å². The van der Waals surface area contributed by atoms with Gasteiger partial charge in [0, 0.05) is 11.7 Å². The van der Waals surface area contributed by atoms with E-state index in [1.165, 1.54) is 12.8 Å². The smallest absolute Gasteiger partial charge is 0.232 e. The number of sulfonamides is 1. The Morgan fingerprint density at radius 1 is 1.25 bits per heavy atom. The van der Waals surface area contributed by atoms with E-state index in [1.807, 2.05) is 0 Å². The predicted octanol–water partition coefficient (Wildman–Crippen LogP) is 1.45. The number of nitrogens with one attached hydrogen (secondary N) is 2. The molecule has 112 valence electrons. The Labute approximate surface area is 120 Å². The molecular formula is C14H22N2O3S. The summed E-state index contributed by atoms with van der Waals surface area (Å²) in [5, 5.41) is 12.3. The number of hydrogen-bond acceptors (Lipinski definition) is 4. The Kier molecular flexibility index (Phi) is 5.39. The summed E-state index contributed by atoms with van der Waals surface area (Å²) in [6.07, 6.45) is 4.05. The first kappa shape index (κ1) is 15.3. The van der Waals surface area contributed by atoms with Gasteiger partial charge in [0.15, 0.2) is 0 Å². The first-order chi connectivity index (χ1) is 9.59. The molecule has 0 radical (unpaired) electrons. The Bertz CT molecular complexity index is 508. The van der Waals surface area contributed by atoms with Gasteiger partial charge in [-0.15, -0.1) is 0 Å². The Hall–Kier alpha value is -1.11. The highest BCUT2D eigenvalue weighted by atomic mass is 32.2. The maximum absolute atomic E-state index is 12.0. The molecular weight excluding hydrogens is 276 g/mol. The lowest BCUT2D eigenvalue weighted by Crippen LogP contribution is -2.36. The standard InChI is InChI=1S/C14H22N2O3S/c17-11-12-4-6-14(7-5-12)16-20(18,19)10-8-13-3-1-2-9-15-13/h4-7,13,15-17H,1-3,8-11H2. The zero-order chi connectivity index (χ0) is 14.4. The number of anilines is 1. The summed E-state index contributed by atoms with van der Waals surface area (Å²) < 4.78 is 26.6. The topological polar surface area (TPSA) is 78.4 Å². The minimum atomic E-state index is -3.31. The lowest BCUT2D eigenvalue weighted by atomic mass is 10.0. The van der Waals surface area contributed by atoms with Crippen molar-refractivity contribution in [3.63, 3.8) is 0 Å². The molecule has 5 nitrogen and oxygen atoms in total. The second-order valence-corrected chi connectivity index (χ2v) is 7.05. The van der Waals surface area contributed by atoms with Gasteiger partial charge in [-0.2, -0.15) is 0 Å². The normalized spacial score (nSPS) is 19.8. The molecule has 0 amide bonds. The highest BCUT2D eigenvalue weighted by molar-refractivity contribution is 7.92. The summed E-state index contributed by atoms with van der Waals surface area (Å²) in [5.74, 6) is 0.131. The monoisotopic (exact) mass is 298 g/mol. The van der Waals surface area contributed by atoms with Gasteiger partial charge in [-0.1, -0.05) is 18.6 Å². The minimum absolute atomic E-state index is 0.0413. The molecule has 0 aliphatic carbocycles. The average molecular weight is 298 g/mol. The van der Waals surface area contributed by atoms with E-state index in [-0.39, 0.29) is 12.4 Å². The zero-order valence-electron chi connectivity index (χ0n) is 11.5. The lowest BCUT2D eigenvalue weighted by molar-refractivity contribution is 0.282. The van der Waals surface area contributed by atoms with Crippen LogP contribution >= 0.6 is 0 Å². The van der Waals surface area contributed by atoms with Crippen molar-refractivity contribution < 1.29 is 13.5 Å². The van der Waals surface area contributed by atoms with Crippen LogP contribution in [-0.4, -0.2) is 31.9 Å². The van der Waals surface area contributed by atoms with Crippen LogP contribution in [0.25, 0.3) is 0 Å². The first-order valence-electron chi connectivity index (χ1n) is 7.03. The van der Waals surface area contributed by atoms with Gasteiger partial charge in [0.2, 0.25) is 10.0 Å². The fourth-order valence-corrected chi connectivity index (χ4v) is 3.57. The fraction of sp³-hybridized carbons (Fsp3) is 0.571. The zero-order valence-corrected chi connectivity index (χ0v) is 12.3. The van der Waals surface area contributed by atoms with E-state index in [0.717, 1.165) is 18.5 Å². The van der Waals surface area contributed by atoms with Gasteiger partial charge in [-0.3, -0.25) is 4.72 Å². The van der Waals surface area contributed by atoms with E-state index < -0.39 is 10.0 Å². The minimum Gasteiger partial charge on any atom is -0.392 e. The van der Waals surface area contributed by atoms with E-state index in [9.17, 15) is 8.42 Å². The molecule has 1 heterocycles. The molecule has 1 unspecified atom stereocenters. The van der Waals surface area contributed by atoms with Crippen molar-refractivity contribution in [3.8, 4) is 0 Å². The number of rotatable bonds is 6. The maximum Gasteiger partial charge on any atom is 0.232 e. The molecule has 3 N–H and O–H groups in total. The molecule has 0 saturated carbocycles. The van der Waals surface area contributed by atoms with Crippen molar-refractivity contribution in [2.75, 3.05) is 17.0 Å². The van der Waals surface area contributed by atoms with Crippen molar-refractivity contribution in [1.29, 1.82) is 0 Å². The molecule has 2 rings (SSSR count). The third-order valence-electron chi connectivity index (χ3n) is 3.56. The summed E-state index contributed by atoms with van der Waals surface area (Å²) in [4.78, 5) is 0. The van der Waals surface area contributed by atoms with Crippen molar-refractivity contribution in [2.24, 2.45) is 0 Å². The van der Waals surface area contributed by atoms with Crippen molar-refractivity contribution >= 4 is 15.7 Å². The van der Waals surface area contributed by atoms with Crippen LogP contribution in [0.2, 0.25) is 0 Å². The summed E-state index contributed by atoms with van der Waals surface area (Å²) in [5.41, 5.74) is 1.30. The molecule has 20 heavy (non-hydrogen) atoms. The van der Waals surface area contributed by atoms with Crippen molar-refractivity contribution in [3.05, 3.63) is 29.8 Å². The second kappa shape index (κ2) is 7.06. The van der Waals surface area contributed by atoms with E-state index >= 15 is 0 Å². The van der Waals surface area contributed by atoms with Crippen LogP contribution < -0.4 is 10.0 Å². The van der Waals surface area contributed by atoms with E-state index in [4.69, 9.17) is 5.11 Å². The van der Waals surface area contributed by atoms with Gasteiger partial charge in [-0.25, -0.2) is 8.42 Å². The van der Waals surface area contributed by atoms with E-state index in [2.05, 4.69) is 10.0 Å². The number of piperidine rings is 1. The van der Waals surface area contributed by atoms with Crippen molar-refractivity contribution in [1.82, 2.24) is 5.32 Å². The highest BCUT2D eigenvalue weighted by Crippen LogP contribution is 2.14. The van der Waals surface area contributed by atoms with Gasteiger partial charge in [0.25, 0.3) is 0 Å². The quantitative estimate of drug-likeness (QED) is 0.743. The Morgan fingerprint density at radius 3 is 2.60 bits per heavy atom. The van der Waals surface area contributed by atoms with Crippen LogP contribution in [-0.2, 0) is 16.6 Å². The van der Waals surface area contributed by atoms with Gasteiger partial charge >= 0.3 is 0 Å². The summed E-state index contributed by atoms with van der Waals surface area (Å²) in [7, 11) is -3.31. The third kappa shape index (κ3) is 4.77. The molecule has 1 aromatic carbocycles. The summed E-state index contributed by atoms with van der Waals surface area (Å²) in [6.45, 7) is 0.946. The molecule has 1 atom stereocenters. The highest BCUT2D eigenvalue weighted by Gasteiger charge is 2.17. The number of aliphatic hydroxyl groups is 1. The maximum atomic E-state index is 12.0. The molecule has 1 fully saturated rings. The fourth-order valence-electron chi connectivity index (χ4n) is 2.38. The van der Waals surface area contributed by atoms with Gasteiger partial charge in [0.1, 0.15) is 0 Å². The van der Waals surface area contributed by atoms with Crippen LogP contribution in [0.4, 0.5) is 5.69 Å². The second-order valence-electron chi connectivity index (χ2n) is 5.21. The molecule has 0 spiro atoms. The van der Waals surface area contributed by atoms with Crippen LogP contribution in [0.15, 0.2) is 24.3 Å². The Morgan fingerprint density at radius 2 is 2.00 bits per heavy atom. The number of benzene rings is 1. The van der Waals surface area contributed by atoms with Crippen LogP contribution in [0.3, 0.4) is 0 Å². The molecule has 1 saturated heterocycles. The Balaban J connectivity index is 1.85. The van der Waals surface area contributed by atoms with Crippen LogP contribution in [0.5, 0.6) is 0 Å². The summed E-state index contributed by atoms with van der Waals surface area (Å²) >= 11 is 0. The van der Waals surface area contributed by atoms with Gasteiger partial charge < -0.3 is 10.4 Å². The van der Waals surface area contributed by atoms with Gasteiger partial charge in [0.05, 0.1) is 12.4 Å². The summed E-state index contributed by atoms with van der Waals surface area (Å²) in [6, 6.07) is 7.07. The molecule has 6 heteroatoms. The van der Waals surface area contributed by atoms with Gasteiger partial charge in [-0.05, 0) is 43.5 Å². The third-order valence-corrected chi connectivity index (χ3v) is 4.88. The molecule has 1 aromatic rings. The largest absolute Gasteiger partial charge is 0.392 e. The molecule has 0 bridgehead atoms. The SMILES string of the molecule is O=S(=O)(CCC1CCCCN1)Nc1ccc(CO)cc1. The van der Waals surface area contributed by atoms with Crippen molar-refractivity contribution in [2.45, 2.75) is 38.3 Å². The van der Waals surface area contributed by atoms with Crippen LogP contribution in [0.1, 0.15) is 31.2 Å². The molecule has 1 aliphatic rings. The molecule has 1 aliphatic heterocycles. The average Bonchev–Trinajstić information content (AvgIpc) is 2.47. The van der Waals surface area contributed by atoms with E-state index in [1.54, 1.807) is 24.3 Å². The molecule has 0 aromatic heterocycles. The first-order valence-corrected chi connectivity index (χ1v) is 8.68. The number of aliphatic hydroxyl groups excluding tert-OH is 1. The van der Waals surface area contributed by atoms with Crippen LogP contribution in [0, 0.1) is 0 Å². The lowest BCUT2D eigenvalue weighted by Gasteiger charge is -2.23.